The van der Waals surface area contributed by atoms with Crippen LogP contribution >= 0.6 is 0 Å². The first-order valence-electron chi connectivity index (χ1n) is 8.76. The minimum absolute atomic E-state index is 0.599. The van der Waals surface area contributed by atoms with E-state index in [-0.39, 0.29) is 0 Å². The molecule has 1 saturated heterocycles. The number of aliphatic imine (C=N–C) groups is 1. The highest BCUT2D eigenvalue weighted by Gasteiger charge is 2.24. The van der Waals surface area contributed by atoms with Crippen molar-refractivity contribution in [2.24, 2.45) is 16.8 Å². The molecule has 1 aromatic rings. The summed E-state index contributed by atoms with van der Waals surface area (Å²) < 4.78 is 5.89. The highest BCUT2D eigenvalue weighted by atomic mass is 16.5. The molecule has 1 aliphatic rings. The maximum Gasteiger partial charge on any atom is 0.193 e. The molecule has 0 saturated carbocycles. The minimum atomic E-state index is 0.599. The molecule has 1 fully saturated rings. The summed E-state index contributed by atoms with van der Waals surface area (Å²) in [5, 5.41) is 3.48. The molecule has 1 aromatic carbocycles. The van der Waals surface area contributed by atoms with E-state index in [2.05, 4.69) is 53.3 Å². The topological polar surface area (TPSA) is 36.9 Å². The normalized spacial score (nSPS) is 18.7. The van der Waals surface area contributed by atoms with Gasteiger partial charge in [-0.05, 0) is 24.3 Å². The molecule has 1 aliphatic heterocycles. The average Bonchev–Trinajstić information content (AvgIpc) is 3.01. The van der Waals surface area contributed by atoms with Gasteiger partial charge in [-0.3, -0.25) is 4.99 Å². The fraction of sp³-hybridized carbons (Fsp3) is 0.632. The number of nitrogens with zero attached hydrogens (tertiary/aromatic N) is 2. The predicted octanol–water partition coefficient (Wildman–Crippen LogP) is 3.15. The van der Waals surface area contributed by atoms with E-state index in [0.29, 0.717) is 12.5 Å². The summed E-state index contributed by atoms with van der Waals surface area (Å²) in [5.74, 6) is 2.36. The van der Waals surface area contributed by atoms with Crippen molar-refractivity contribution in [1.82, 2.24) is 10.2 Å². The van der Waals surface area contributed by atoms with Crippen LogP contribution in [0.25, 0.3) is 0 Å². The van der Waals surface area contributed by atoms with Crippen molar-refractivity contribution in [2.45, 2.75) is 33.3 Å². The second-order valence-electron chi connectivity index (χ2n) is 6.76. The van der Waals surface area contributed by atoms with Crippen LogP contribution in [0.1, 0.15) is 32.3 Å². The van der Waals surface area contributed by atoms with Crippen LogP contribution in [0.5, 0.6) is 0 Å². The van der Waals surface area contributed by atoms with Gasteiger partial charge in [0.1, 0.15) is 0 Å². The Bertz CT molecular complexity index is 473. The molecule has 128 valence electrons. The molecular weight excluding hydrogens is 286 g/mol. The van der Waals surface area contributed by atoms with Crippen LogP contribution in [0.2, 0.25) is 0 Å². The number of guanidine groups is 1. The second kappa shape index (κ2) is 9.56. The Morgan fingerprint density at radius 1 is 1.35 bits per heavy atom. The predicted molar refractivity (Wildman–Crippen MR) is 96.6 cm³/mol. The molecule has 1 unspecified atom stereocenters. The average molecular weight is 317 g/mol. The molecule has 23 heavy (non-hydrogen) atoms. The van der Waals surface area contributed by atoms with Crippen LogP contribution in [0, 0.1) is 11.8 Å². The Hall–Kier alpha value is -1.55. The molecule has 1 heterocycles. The number of benzene rings is 1. The van der Waals surface area contributed by atoms with Gasteiger partial charge in [0, 0.05) is 32.6 Å². The van der Waals surface area contributed by atoms with Crippen molar-refractivity contribution in [1.29, 1.82) is 0 Å². The maximum absolute atomic E-state index is 5.89. The maximum atomic E-state index is 5.89. The summed E-state index contributed by atoms with van der Waals surface area (Å²) in [6.45, 7) is 9.14. The molecule has 1 atom stereocenters. The molecule has 0 aromatic heterocycles. The lowest BCUT2D eigenvalue weighted by Gasteiger charge is -2.22. The van der Waals surface area contributed by atoms with Crippen LogP contribution < -0.4 is 5.32 Å². The van der Waals surface area contributed by atoms with Crippen LogP contribution in [0.4, 0.5) is 0 Å². The van der Waals surface area contributed by atoms with E-state index in [4.69, 9.17) is 4.74 Å². The summed E-state index contributed by atoms with van der Waals surface area (Å²) in [6, 6.07) is 10.4. The fourth-order valence-electron chi connectivity index (χ4n) is 2.88. The largest absolute Gasteiger partial charge is 0.376 e. The molecule has 0 aliphatic carbocycles. The summed E-state index contributed by atoms with van der Waals surface area (Å²) in [4.78, 5) is 6.78. The quantitative estimate of drug-likeness (QED) is 0.620. The molecule has 0 amide bonds. The van der Waals surface area contributed by atoms with E-state index in [1.807, 2.05) is 13.1 Å². The van der Waals surface area contributed by atoms with Gasteiger partial charge in [0.2, 0.25) is 0 Å². The van der Waals surface area contributed by atoms with Gasteiger partial charge in [-0.2, -0.15) is 0 Å². The third-order valence-corrected chi connectivity index (χ3v) is 4.27. The Morgan fingerprint density at radius 2 is 2.13 bits per heavy atom. The van der Waals surface area contributed by atoms with Gasteiger partial charge in [0.05, 0.1) is 13.2 Å². The van der Waals surface area contributed by atoms with Crippen LogP contribution in [0.3, 0.4) is 0 Å². The van der Waals surface area contributed by atoms with Crippen molar-refractivity contribution in [3.05, 3.63) is 35.9 Å². The number of hydrogen-bond donors (Lipinski definition) is 1. The summed E-state index contributed by atoms with van der Waals surface area (Å²) in [6.07, 6.45) is 2.36. The van der Waals surface area contributed by atoms with Crippen LogP contribution in [-0.2, 0) is 11.3 Å². The van der Waals surface area contributed by atoms with E-state index in [0.717, 1.165) is 38.1 Å². The van der Waals surface area contributed by atoms with Gasteiger partial charge in [0.25, 0.3) is 0 Å². The zero-order chi connectivity index (χ0) is 16.5. The zero-order valence-corrected chi connectivity index (χ0v) is 14.8. The van der Waals surface area contributed by atoms with Crippen LogP contribution in [0.15, 0.2) is 35.3 Å². The molecule has 0 spiro atoms. The molecule has 2 rings (SSSR count). The van der Waals surface area contributed by atoms with Crippen molar-refractivity contribution in [3.63, 3.8) is 0 Å². The van der Waals surface area contributed by atoms with Crippen molar-refractivity contribution in [2.75, 3.05) is 33.3 Å². The minimum Gasteiger partial charge on any atom is -0.376 e. The zero-order valence-electron chi connectivity index (χ0n) is 14.8. The third-order valence-electron chi connectivity index (χ3n) is 4.27. The Balaban J connectivity index is 1.68. The number of hydrogen-bond acceptors (Lipinski definition) is 2. The van der Waals surface area contributed by atoms with Gasteiger partial charge < -0.3 is 15.0 Å². The van der Waals surface area contributed by atoms with Gasteiger partial charge in [0.15, 0.2) is 5.96 Å². The molecule has 0 bridgehead atoms. The van der Waals surface area contributed by atoms with E-state index in [1.54, 1.807) is 0 Å². The standard InChI is InChI=1S/C19H31N3O/c1-16(2)9-11-21-19(20-3)22-12-10-18(13-22)15-23-14-17-7-5-4-6-8-17/h4-8,16,18H,9-15H2,1-3H3,(H,20,21). The van der Waals surface area contributed by atoms with Gasteiger partial charge >= 0.3 is 0 Å². The number of ether oxygens (including phenoxy) is 1. The molecular formula is C19H31N3O. The van der Waals surface area contributed by atoms with E-state index in [1.165, 1.54) is 18.4 Å². The lowest BCUT2D eigenvalue weighted by molar-refractivity contribution is 0.0907. The molecule has 1 N–H and O–H groups in total. The Kier molecular flexibility index (Phi) is 7.40. The summed E-state index contributed by atoms with van der Waals surface area (Å²) >= 11 is 0. The van der Waals surface area contributed by atoms with E-state index >= 15 is 0 Å². The van der Waals surface area contributed by atoms with Gasteiger partial charge in [-0.1, -0.05) is 44.2 Å². The Morgan fingerprint density at radius 3 is 2.83 bits per heavy atom. The Labute approximate surface area is 140 Å². The first-order chi connectivity index (χ1) is 11.2. The SMILES string of the molecule is CN=C(NCCC(C)C)N1CCC(COCc2ccccc2)C1. The molecule has 0 radical (unpaired) electrons. The number of nitrogens with one attached hydrogen (secondary N) is 1. The number of rotatable bonds is 7. The summed E-state index contributed by atoms with van der Waals surface area (Å²) in [7, 11) is 1.87. The summed E-state index contributed by atoms with van der Waals surface area (Å²) in [5.41, 5.74) is 1.24. The smallest absolute Gasteiger partial charge is 0.193 e. The van der Waals surface area contributed by atoms with E-state index < -0.39 is 0 Å². The third kappa shape index (κ3) is 6.22. The number of likely N-dealkylation sites (tertiary alicyclic amines) is 1. The first kappa shape index (κ1) is 17.8. The molecule has 4 heteroatoms. The highest BCUT2D eigenvalue weighted by molar-refractivity contribution is 5.80. The van der Waals surface area contributed by atoms with Crippen LogP contribution in [-0.4, -0.2) is 44.1 Å². The lowest BCUT2D eigenvalue weighted by atomic mass is 10.1. The van der Waals surface area contributed by atoms with Crippen molar-refractivity contribution >= 4 is 5.96 Å². The van der Waals surface area contributed by atoms with Crippen molar-refractivity contribution in [3.8, 4) is 0 Å². The second-order valence-corrected chi connectivity index (χ2v) is 6.76. The van der Waals surface area contributed by atoms with Gasteiger partial charge in [-0.25, -0.2) is 0 Å². The first-order valence-corrected chi connectivity index (χ1v) is 8.76. The monoisotopic (exact) mass is 317 g/mol. The van der Waals surface area contributed by atoms with Crippen molar-refractivity contribution < 1.29 is 4.74 Å². The fourth-order valence-corrected chi connectivity index (χ4v) is 2.88. The highest BCUT2D eigenvalue weighted by Crippen LogP contribution is 2.17. The van der Waals surface area contributed by atoms with E-state index in [9.17, 15) is 0 Å². The molecule has 4 nitrogen and oxygen atoms in total. The lowest BCUT2D eigenvalue weighted by Crippen LogP contribution is -2.40. The van der Waals surface area contributed by atoms with Gasteiger partial charge in [-0.15, -0.1) is 0 Å².